The second-order valence-electron chi connectivity index (χ2n) is 8.17. The van der Waals surface area contributed by atoms with Gasteiger partial charge in [-0.2, -0.15) is 0 Å². The van der Waals surface area contributed by atoms with Gasteiger partial charge in [0.05, 0.1) is 39.9 Å². The van der Waals surface area contributed by atoms with E-state index in [1.165, 1.54) is 12.3 Å². The number of amides is 1. The van der Waals surface area contributed by atoms with Crippen LogP contribution in [-0.2, 0) is 9.53 Å². The Balaban J connectivity index is 1.42. The lowest BCUT2D eigenvalue weighted by molar-refractivity contribution is -0.126. The highest BCUT2D eigenvalue weighted by molar-refractivity contribution is 6.42. The summed E-state index contributed by atoms with van der Waals surface area (Å²) in [5.41, 5.74) is 1.40. The summed E-state index contributed by atoms with van der Waals surface area (Å²) in [5, 5.41) is 3.92. The van der Waals surface area contributed by atoms with Crippen molar-refractivity contribution in [2.75, 3.05) is 31.2 Å². The Hall–Kier alpha value is -2.42. The molecule has 0 spiro atoms. The molecule has 0 radical (unpaired) electrons. The Labute approximate surface area is 194 Å². The Bertz CT molecular complexity index is 1140. The van der Waals surface area contributed by atoms with Gasteiger partial charge in [0.25, 0.3) is 0 Å². The fourth-order valence-corrected chi connectivity index (χ4v) is 4.62. The van der Waals surface area contributed by atoms with Crippen LogP contribution in [0.4, 0.5) is 10.3 Å². The van der Waals surface area contributed by atoms with E-state index in [2.05, 4.69) is 15.2 Å². The number of benzene rings is 1. The number of fused-ring (bicyclic) bond motifs is 1. The van der Waals surface area contributed by atoms with Gasteiger partial charge in [0.1, 0.15) is 11.6 Å². The van der Waals surface area contributed by atoms with Crippen LogP contribution in [-0.4, -0.2) is 52.8 Å². The molecule has 4 heterocycles. The smallest absolute Gasteiger partial charge is 0.223 e. The number of ether oxygens (including phenoxy) is 1. The van der Waals surface area contributed by atoms with Crippen molar-refractivity contribution in [3.63, 3.8) is 0 Å². The zero-order valence-electron chi connectivity index (χ0n) is 17.2. The summed E-state index contributed by atoms with van der Waals surface area (Å²) in [4.78, 5) is 23.8. The molecule has 1 unspecified atom stereocenters. The number of carbonyl (C=O) groups is 1. The zero-order valence-corrected chi connectivity index (χ0v) is 18.7. The summed E-state index contributed by atoms with van der Waals surface area (Å²) in [7, 11) is 0. The minimum Gasteiger partial charge on any atom is -0.379 e. The summed E-state index contributed by atoms with van der Waals surface area (Å²) in [5.74, 6) is 0.828. The zero-order chi connectivity index (χ0) is 22.2. The highest BCUT2D eigenvalue weighted by Crippen LogP contribution is 2.34. The summed E-state index contributed by atoms with van der Waals surface area (Å²) >= 11 is 12.5. The van der Waals surface area contributed by atoms with Crippen LogP contribution < -0.4 is 10.2 Å². The van der Waals surface area contributed by atoms with E-state index in [-0.39, 0.29) is 17.9 Å². The number of carbonyl (C=O) groups excluding carboxylic acids is 1. The van der Waals surface area contributed by atoms with Crippen molar-refractivity contribution < 1.29 is 13.9 Å². The molecule has 0 aliphatic carbocycles. The molecule has 3 aromatic rings. The number of hydrogen-bond acceptors (Lipinski definition) is 5. The molecule has 7 nitrogen and oxygen atoms in total. The quantitative estimate of drug-likeness (QED) is 0.614. The van der Waals surface area contributed by atoms with Crippen molar-refractivity contribution in [3.05, 3.63) is 46.3 Å². The molecule has 2 saturated heterocycles. The number of rotatable bonds is 4. The average molecular weight is 478 g/mol. The number of pyridine rings is 1. The molecule has 5 rings (SSSR count). The molecule has 2 aliphatic rings. The first kappa shape index (κ1) is 21.4. The Kier molecular flexibility index (Phi) is 5.92. The van der Waals surface area contributed by atoms with E-state index in [1.54, 1.807) is 18.2 Å². The molecule has 0 saturated carbocycles. The van der Waals surface area contributed by atoms with Crippen molar-refractivity contribution in [3.8, 4) is 5.82 Å². The molecule has 1 amide bonds. The lowest BCUT2D eigenvalue weighted by Gasteiger charge is -2.32. The molecule has 2 fully saturated rings. The second-order valence-corrected chi connectivity index (χ2v) is 8.98. The number of nitrogens with zero attached hydrogens (tertiary/aromatic N) is 4. The van der Waals surface area contributed by atoms with E-state index in [4.69, 9.17) is 32.9 Å². The fourth-order valence-electron chi connectivity index (χ4n) is 4.31. The van der Waals surface area contributed by atoms with Gasteiger partial charge in [-0.3, -0.25) is 9.36 Å². The summed E-state index contributed by atoms with van der Waals surface area (Å²) in [6, 6.07) is 6.53. The molecular weight excluding hydrogens is 456 g/mol. The van der Waals surface area contributed by atoms with Gasteiger partial charge in [0.15, 0.2) is 0 Å². The first-order chi connectivity index (χ1) is 15.5. The van der Waals surface area contributed by atoms with Crippen molar-refractivity contribution in [2.45, 2.75) is 25.3 Å². The highest BCUT2D eigenvalue weighted by Gasteiger charge is 2.30. The summed E-state index contributed by atoms with van der Waals surface area (Å²) in [6.45, 7) is 2.60. The van der Waals surface area contributed by atoms with Crippen molar-refractivity contribution >= 4 is 46.1 Å². The van der Waals surface area contributed by atoms with Crippen LogP contribution >= 0.6 is 23.2 Å². The fraction of sp³-hybridized carbons (Fsp3) is 0.409. The third kappa shape index (κ3) is 4.14. The first-order valence-corrected chi connectivity index (χ1v) is 11.4. The normalized spacial score (nSPS) is 19.6. The van der Waals surface area contributed by atoms with E-state index >= 15 is 0 Å². The van der Waals surface area contributed by atoms with E-state index in [1.807, 2.05) is 4.57 Å². The van der Waals surface area contributed by atoms with Gasteiger partial charge in [-0.1, -0.05) is 23.2 Å². The maximum Gasteiger partial charge on any atom is 0.223 e. The van der Waals surface area contributed by atoms with Crippen molar-refractivity contribution in [1.82, 2.24) is 19.9 Å². The van der Waals surface area contributed by atoms with Crippen LogP contribution in [0.25, 0.3) is 16.9 Å². The minimum atomic E-state index is -0.416. The molecule has 32 heavy (non-hydrogen) atoms. The maximum absolute atomic E-state index is 13.5. The number of imidazole rings is 1. The number of aromatic nitrogens is 3. The Morgan fingerprint density at radius 2 is 1.94 bits per heavy atom. The number of anilines is 1. The van der Waals surface area contributed by atoms with E-state index in [0.717, 1.165) is 11.9 Å². The van der Waals surface area contributed by atoms with Gasteiger partial charge in [0.2, 0.25) is 11.9 Å². The summed E-state index contributed by atoms with van der Waals surface area (Å²) in [6.07, 6.45) is 3.46. The van der Waals surface area contributed by atoms with Crippen LogP contribution in [0.1, 0.15) is 19.3 Å². The monoisotopic (exact) mass is 477 g/mol. The molecule has 2 aromatic heterocycles. The standard InChI is InChI=1S/C22H22Cl2FN5O2/c23-16-9-18-19(10-17(16)24)30(20-2-1-14(25)11-26-20)22(28-18)29-6-3-13(4-7-29)21(31)27-15-5-8-32-12-15/h1-2,9-11,13,15H,3-8,12H2,(H,27,31). The Morgan fingerprint density at radius 1 is 1.16 bits per heavy atom. The molecule has 1 aromatic carbocycles. The van der Waals surface area contributed by atoms with Crippen LogP contribution in [0, 0.1) is 11.7 Å². The number of nitrogens with one attached hydrogen (secondary N) is 1. The van der Waals surface area contributed by atoms with Gasteiger partial charge in [-0.25, -0.2) is 14.4 Å². The van der Waals surface area contributed by atoms with Gasteiger partial charge >= 0.3 is 0 Å². The topological polar surface area (TPSA) is 72.3 Å². The number of halogens is 3. The Morgan fingerprint density at radius 3 is 2.62 bits per heavy atom. The van der Waals surface area contributed by atoms with Crippen LogP contribution in [0.15, 0.2) is 30.5 Å². The highest BCUT2D eigenvalue weighted by atomic mass is 35.5. The third-order valence-electron chi connectivity index (χ3n) is 6.04. The lowest BCUT2D eigenvalue weighted by atomic mass is 9.95. The number of hydrogen-bond donors (Lipinski definition) is 1. The number of piperidine rings is 1. The van der Waals surface area contributed by atoms with E-state index < -0.39 is 5.82 Å². The average Bonchev–Trinajstić information content (AvgIpc) is 3.43. The second kappa shape index (κ2) is 8.84. The van der Waals surface area contributed by atoms with Crippen molar-refractivity contribution in [1.29, 1.82) is 0 Å². The van der Waals surface area contributed by atoms with Gasteiger partial charge < -0.3 is 15.0 Å². The SMILES string of the molecule is O=C(NC1CCOC1)C1CCN(c2nc3cc(Cl)c(Cl)cc3n2-c2ccc(F)cn2)CC1. The predicted molar refractivity (Wildman–Crippen MR) is 121 cm³/mol. The van der Waals surface area contributed by atoms with Gasteiger partial charge in [-0.05, 0) is 43.5 Å². The van der Waals surface area contributed by atoms with E-state index in [0.29, 0.717) is 66.5 Å². The molecule has 10 heteroatoms. The molecule has 1 N–H and O–H groups in total. The first-order valence-electron chi connectivity index (χ1n) is 10.6. The molecule has 168 valence electrons. The predicted octanol–water partition coefficient (Wildman–Crippen LogP) is 3.99. The van der Waals surface area contributed by atoms with Crippen LogP contribution in [0.2, 0.25) is 10.0 Å². The molecular formula is C22H22Cl2FN5O2. The van der Waals surface area contributed by atoms with Crippen LogP contribution in [0.3, 0.4) is 0 Å². The van der Waals surface area contributed by atoms with Crippen LogP contribution in [0.5, 0.6) is 0 Å². The van der Waals surface area contributed by atoms with Crippen molar-refractivity contribution in [2.24, 2.45) is 5.92 Å². The minimum absolute atomic E-state index is 0.0440. The lowest BCUT2D eigenvalue weighted by Crippen LogP contribution is -2.44. The van der Waals surface area contributed by atoms with E-state index in [9.17, 15) is 9.18 Å². The third-order valence-corrected chi connectivity index (χ3v) is 6.77. The molecule has 1 atom stereocenters. The molecule has 2 aliphatic heterocycles. The maximum atomic E-state index is 13.5. The van der Waals surface area contributed by atoms with Gasteiger partial charge in [-0.15, -0.1) is 0 Å². The molecule has 0 bridgehead atoms. The van der Waals surface area contributed by atoms with Gasteiger partial charge in [0, 0.05) is 25.6 Å². The largest absolute Gasteiger partial charge is 0.379 e. The summed E-state index contributed by atoms with van der Waals surface area (Å²) < 4.78 is 20.7.